The van der Waals surface area contributed by atoms with Gasteiger partial charge in [-0.15, -0.1) is 134 Å². The molecule has 40 heteroatoms. The van der Waals surface area contributed by atoms with Gasteiger partial charge in [-0.25, -0.2) is 41.1 Å². The zero-order valence-electron chi connectivity index (χ0n) is 64.6. The third-order valence-electron chi connectivity index (χ3n) is 8.53. The summed E-state index contributed by atoms with van der Waals surface area (Å²) in [6, 6.07) is 36.3. The Kier molecular flexibility index (Phi) is 156. The molecule has 112 heavy (non-hydrogen) atoms. The predicted molar refractivity (Wildman–Crippen MR) is 380 cm³/mol. The number of hydrogen-bond acceptors (Lipinski definition) is 24. The van der Waals surface area contributed by atoms with Crippen LogP contribution in [0.4, 0.5) is 92.0 Å². The monoisotopic (exact) mass is 2680 g/mol. The zero-order valence-corrected chi connectivity index (χ0v) is 110. The maximum Gasteiger partial charge on any atom is 0 e. The summed E-state index contributed by atoms with van der Waals surface area (Å²) in [5.41, 5.74) is 5.27. The van der Waals surface area contributed by atoms with Crippen LogP contribution in [0.1, 0.15) is 111 Å². The third kappa shape index (κ3) is 85.0. The van der Waals surface area contributed by atoms with Gasteiger partial charge in [0.1, 0.15) is 0 Å². The van der Waals surface area contributed by atoms with Gasteiger partial charge in [0, 0.05) is 523 Å². The van der Waals surface area contributed by atoms with Crippen LogP contribution in [-0.4, -0.2) is 139 Å². The topological polar surface area (TPSA) is 301 Å². The Labute approximate surface area is 1070 Å². The van der Waals surface area contributed by atoms with Gasteiger partial charge in [-0.2, -0.15) is 129 Å². The van der Waals surface area contributed by atoms with Gasteiger partial charge < -0.3 is 246 Å². The van der Waals surface area contributed by atoms with Gasteiger partial charge in [0.05, 0.1) is 0 Å². The molecule has 0 N–H and O–H groups in total. The average molecular weight is 2680 g/mol. The van der Waals surface area contributed by atoms with E-state index in [0.717, 1.165) is 0 Å². The quantitative estimate of drug-likeness (QED) is 0.0660. The maximum absolute atomic E-state index is 3.98. The second-order valence-electron chi connectivity index (χ2n) is 15.1. The second kappa shape index (κ2) is 113. The van der Waals surface area contributed by atoms with Crippen molar-refractivity contribution in [1.29, 1.82) is 0 Å². The van der Waals surface area contributed by atoms with Crippen molar-refractivity contribution in [3.05, 3.63) is 147 Å². The van der Waals surface area contributed by atoms with E-state index in [-0.39, 0.29) is 523 Å². The molecule has 0 aliphatic heterocycles. The number of hydrogen-bond donors (Lipinski definition) is 0. The average Bonchev–Trinajstić information content (AvgIpc) is 0.854. The van der Waals surface area contributed by atoms with E-state index >= 15 is 0 Å². The largest absolute Gasteiger partial charge is 0.706 e. The van der Waals surface area contributed by atoms with E-state index in [1.54, 1.807) is 159 Å². The van der Waals surface area contributed by atoms with Crippen LogP contribution in [0.25, 0.3) is 0 Å². The van der Waals surface area contributed by atoms with E-state index in [2.05, 4.69) is 317 Å². The van der Waals surface area contributed by atoms with Crippen LogP contribution in [-0.2, 0) is 523 Å². The first kappa shape index (κ1) is 155. The summed E-state index contributed by atoms with van der Waals surface area (Å²) < 4.78 is 0. The van der Waals surface area contributed by atoms with Crippen LogP contribution < -0.4 is 0 Å². The number of rotatable bonds is 16. The van der Waals surface area contributed by atoms with Crippen molar-refractivity contribution >= 4 is 191 Å². The van der Waals surface area contributed by atoms with Crippen molar-refractivity contribution in [1.82, 2.24) is 39.9 Å². The summed E-state index contributed by atoms with van der Waals surface area (Å²) in [6.45, 7) is 27.2. The van der Waals surface area contributed by atoms with E-state index in [0.29, 0.717) is 92.0 Å². The predicted octanol–water partition coefficient (Wildman–Crippen LogP) is 15.0. The van der Waals surface area contributed by atoms with E-state index in [4.69, 9.17) is 0 Å². The van der Waals surface area contributed by atoms with Crippen LogP contribution in [0.15, 0.2) is 128 Å². The first-order valence-corrected chi connectivity index (χ1v) is 27.4. The molecule has 0 amide bonds. The van der Waals surface area contributed by atoms with E-state index < -0.39 is 0 Å². The standard InChI is InChI=1S/2C10H8N2.4C9H7N3.2C8H6N4.16Y/c1-3-11-9-5-7-10(8-6-9)12-4-2;1-3-11-9-6-5-7-10(8-9)12-4-2;1-3-11-8-5-9(12-4-2)7-10-6-8;2*1-3-10-8-5-6-9(11-4-2)12-7-8;1-3-10-8-6-5-7-9(12-8)11-4-2;1-3-10-7-5-9-6-8(12-7)11-4-2;1-3-9-7-5-12-8(6-11-7)10-4-2;;;;;;;;;;;;;;;;/h2*5,8H,1-2H3;4*5H,1-2H3;2*1-2H3;;;;;;;;;;;;;;;;/q8*-4;;;;;;;;;;;;;;;;. The molecule has 0 aliphatic rings. The van der Waals surface area contributed by atoms with Crippen LogP contribution in [0.2, 0.25) is 0 Å². The first-order chi connectivity index (χ1) is 46.9. The molecule has 8 aromatic rings. The number of aromatic nitrogens is 8. The number of aliphatic imine (C=N–C) groups is 16. The molecule has 0 unspecified atom stereocenters. The van der Waals surface area contributed by atoms with Crippen molar-refractivity contribution in [2.75, 3.05) is 0 Å². The number of nitrogens with zero attached hydrogens (tertiary/aromatic N) is 24. The molecule has 24 nitrogen and oxygen atoms in total. The van der Waals surface area contributed by atoms with E-state index in [9.17, 15) is 0 Å². The van der Waals surface area contributed by atoms with Gasteiger partial charge in [0.15, 0.2) is 0 Å². The molecule has 6 heterocycles. The van der Waals surface area contributed by atoms with Crippen LogP contribution in [0.5, 0.6) is 0 Å². The number of pyridine rings is 4. The zero-order chi connectivity index (χ0) is 70.5. The molecule has 0 bridgehead atoms. The fourth-order valence-corrected chi connectivity index (χ4v) is 5.31. The van der Waals surface area contributed by atoms with Gasteiger partial charge in [0.25, 0.3) is 0 Å². The van der Waals surface area contributed by atoms with Gasteiger partial charge >= 0.3 is 0 Å². The van der Waals surface area contributed by atoms with Crippen LogP contribution in [0, 0.1) is 98.1 Å². The Bertz CT molecular complexity index is 3200. The fourth-order valence-electron chi connectivity index (χ4n) is 5.31. The molecule has 0 fully saturated rings. The molecule has 0 atom stereocenters. The smallest absolute Gasteiger partial charge is 0 e. The molecule has 0 saturated heterocycles. The van der Waals surface area contributed by atoms with Crippen LogP contribution in [0.3, 0.4) is 0 Å². The first-order valence-electron chi connectivity index (χ1n) is 27.4. The van der Waals surface area contributed by atoms with Crippen LogP contribution >= 0.6 is 0 Å². The van der Waals surface area contributed by atoms with E-state index in [1.807, 2.05) is 0 Å². The molecule has 8 rings (SSSR count). The fraction of sp³-hybridized carbons (Fsp3) is 0.222. The minimum absolute atomic E-state index is 0. The molecule has 2 aromatic carbocycles. The van der Waals surface area contributed by atoms with Gasteiger partial charge in [0.2, 0.25) is 0 Å². The summed E-state index contributed by atoms with van der Waals surface area (Å²) in [4.78, 5) is 91.9. The molecule has 16 radical (unpaired) electrons. The van der Waals surface area contributed by atoms with Crippen molar-refractivity contribution in [2.45, 2.75) is 111 Å². The molecule has 0 aliphatic carbocycles. The van der Waals surface area contributed by atoms with Gasteiger partial charge in [-0.1, -0.05) is 0 Å². The summed E-state index contributed by atoms with van der Waals surface area (Å²) in [6.07, 6.45) is 62.7. The third-order valence-corrected chi connectivity index (χ3v) is 8.53. The molecular weight excluding hydrogens is 2620 g/mol. The Hall–Kier alpha value is 5.58. The molecule has 6 aromatic heterocycles. The molecule has 0 saturated carbocycles. The number of benzene rings is 2. The minimum Gasteiger partial charge on any atom is -0.706 e. The Morgan fingerprint density at radius 3 is 0.696 bits per heavy atom. The van der Waals surface area contributed by atoms with Crippen molar-refractivity contribution in [2.24, 2.45) is 79.9 Å². The van der Waals surface area contributed by atoms with Crippen molar-refractivity contribution in [3.8, 4) is 0 Å². The summed E-state index contributed by atoms with van der Waals surface area (Å²) >= 11 is 0. The summed E-state index contributed by atoms with van der Waals surface area (Å²) in [5.74, 6) is 3.27. The molecule has 544 valence electrons. The Morgan fingerprint density at radius 1 is 0.188 bits per heavy atom. The summed E-state index contributed by atoms with van der Waals surface area (Å²) in [5, 5.41) is 0. The SMILES string of the molecule is C[C-]=Nc1[c-]c[c-]c(N=[C-]C)c1.C[C-]=Nc1[c-]c[c-]c(N=[C-]C)n1.C[C-]=Nc1[c-]cc(N=[C-]C)[c-]c1.C[C-]=Nc1[c-]n[c-]c(N=[C-]C)c1.C[C-]=Nc1[c-]n[c-]c(N=[C-]C)n1.C[C-]=Nc1[c-]nc(N=[C-]C)[c-]c1.C[C-]=Nc1[c-]nc(N=[C-]C)[c-]c1.C[C-]=Nc1[c-]nc(N=[C-]C)[c-]n1.[Y].[Y].[Y].[Y].[Y].[Y].[Y].[Y].[Y].[Y].[Y].[Y].[Y].[Y].[Y].[Y]. The molecule has 0 spiro atoms. The second-order valence-corrected chi connectivity index (χ2v) is 15.1. The Morgan fingerprint density at radius 2 is 0.411 bits per heavy atom. The van der Waals surface area contributed by atoms with Gasteiger partial charge in [-0.3, -0.25) is 18.2 Å². The molecular formula is C72H56N24Y16-32. The minimum atomic E-state index is 0. The van der Waals surface area contributed by atoms with Crippen molar-refractivity contribution < 1.29 is 523 Å². The summed E-state index contributed by atoms with van der Waals surface area (Å²) in [7, 11) is 0. The van der Waals surface area contributed by atoms with Crippen molar-refractivity contribution in [3.63, 3.8) is 0 Å². The normalized spacial score (nSPS) is 9.86. The maximum atomic E-state index is 3.98. The van der Waals surface area contributed by atoms with E-state index in [1.165, 1.54) is 0 Å². The Balaban J connectivity index is -0.0000000658. The van der Waals surface area contributed by atoms with Gasteiger partial charge in [-0.05, 0) is 0 Å².